The van der Waals surface area contributed by atoms with E-state index in [2.05, 4.69) is 26.8 Å². The first-order valence-corrected chi connectivity index (χ1v) is 5.56. The highest BCUT2D eigenvalue weighted by Gasteiger charge is 2.09. The van der Waals surface area contributed by atoms with Gasteiger partial charge in [0.1, 0.15) is 0 Å². The second kappa shape index (κ2) is 6.55. The van der Waals surface area contributed by atoms with Crippen LogP contribution in [0.3, 0.4) is 0 Å². The van der Waals surface area contributed by atoms with E-state index in [1.54, 1.807) is 24.3 Å². The zero-order valence-electron chi connectivity index (χ0n) is 9.01. The number of carbonyl (C=O) groups is 3. The van der Waals surface area contributed by atoms with Gasteiger partial charge in [0.15, 0.2) is 0 Å². The molecule has 0 spiro atoms. The lowest BCUT2D eigenvalue weighted by atomic mass is 10.2. The van der Waals surface area contributed by atoms with Gasteiger partial charge in [-0.25, -0.2) is 4.79 Å². The first-order chi connectivity index (χ1) is 8.50. The molecule has 0 saturated heterocycles. The molecule has 6 nitrogen and oxygen atoms in total. The van der Waals surface area contributed by atoms with Crippen molar-refractivity contribution in [1.82, 2.24) is 10.9 Å². The van der Waals surface area contributed by atoms with Gasteiger partial charge in [0.25, 0.3) is 11.8 Å². The van der Waals surface area contributed by atoms with Gasteiger partial charge in [0.05, 0.1) is 5.56 Å². The molecule has 0 fully saturated rings. The van der Waals surface area contributed by atoms with Gasteiger partial charge in [-0.1, -0.05) is 12.1 Å². The summed E-state index contributed by atoms with van der Waals surface area (Å²) in [6.45, 7) is 0. The molecule has 0 bridgehead atoms. The quantitative estimate of drug-likeness (QED) is 0.569. The third-order valence-electron chi connectivity index (χ3n) is 1.79. The minimum Gasteiger partial charge on any atom is -0.478 e. The minimum absolute atomic E-state index is 0.347. The maximum absolute atomic E-state index is 11.6. The maximum atomic E-state index is 11.6. The second-order valence-corrected chi connectivity index (χ2v) is 3.95. The SMILES string of the molecule is O=C(O)C=CC(=O)NNC(=O)c1ccccc1Br. The summed E-state index contributed by atoms with van der Waals surface area (Å²) in [4.78, 5) is 32.8. The van der Waals surface area contributed by atoms with Gasteiger partial charge in [-0.3, -0.25) is 20.4 Å². The number of aliphatic carboxylic acids is 1. The molecular weight excluding hydrogens is 304 g/mol. The largest absolute Gasteiger partial charge is 0.478 e. The molecule has 1 aromatic rings. The number of hydrogen-bond acceptors (Lipinski definition) is 3. The predicted molar refractivity (Wildman–Crippen MR) is 66.5 cm³/mol. The Bertz CT molecular complexity index is 514. The molecule has 0 atom stereocenters. The Morgan fingerprint density at radius 2 is 1.78 bits per heavy atom. The van der Waals surface area contributed by atoms with Crippen molar-refractivity contribution < 1.29 is 19.5 Å². The van der Waals surface area contributed by atoms with Crippen LogP contribution in [0.15, 0.2) is 40.9 Å². The number of benzene rings is 1. The van der Waals surface area contributed by atoms with Crippen LogP contribution in [-0.2, 0) is 9.59 Å². The van der Waals surface area contributed by atoms with Crippen molar-refractivity contribution in [3.05, 3.63) is 46.5 Å². The molecule has 7 heteroatoms. The first-order valence-electron chi connectivity index (χ1n) is 4.76. The Morgan fingerprint density at radius 3 is 2.39 bits per heavy atom. The van der Waals surface area contributed by atoms with Gasteiger partial charge in [-0.05, 0) is 28.1 Å². The highest BCUT2D eigenvalue weighted by atomic mass is 79.9. The zero-order chi connectivity index (χ0) is 13.5. The fourth-order valence-corrected chi connectivity index (χ4v) is 1.48. The van der Waals surface area contributed by atoms with Crippen LogP contribution < -0.4 is 10.9 Å². The number of hydrogen-bond donors (Lipinski definition) is 3. The monoisotopic (exact) mass is 312 g/mol. The molecule has 0 radical (unpaired) electrons. The normalized spacial score (nSPS) is 10.1. The number of nitrogens with one attached hydrogen (secondary N) is 2. The van der Waals surface area contributed by atoms with Crippen LogP contribution in [0.25, 0.3) is 0 Å². The molecule has 1 rings (SSSR count). The molecule has 0 aliphatic carbocycles. The van der Waals surface area contributed by atoms with Crippen molar-refractivity contribution in [3.63, 3.8) is 0 Å². The van der Waals surface area contributed by atoms with Crippen molar-refractivity contribution in [3.8, 4) is 0 Å². The molecule has 0 saturated carbocycles. The number of carboxylic acid groups (broad SMARTS) is 1. The van der Waals surface area contributed by atoms with Crippen LogP contribution in [0.4, 0.5) is 0 Å². The Balaban J connectivity index is 2.55. The van der Waals surface area contributed by atoms with Crippen LogP contribution in [0.2, 0.25) is 0 Å². The Hall–Kier alpha value is -2.15. The lowest BCUT2D eigenvalue weighted by molar-refractivity contribution is -0.131. The van der Waals surface area contributed by atoms with E-state index in [0.717, 1.165) is 6.08 Å². The molecule has 94 valence electrons. The van der Waals surface area contributed by atoms with E-state index < -0.39 is 17.8 Å². The van der Waals surface area contributed by atoms with Crippen LogP contribution in [0.5, 0.6) is 0 Å². The minimum atomic E-state index is -1.25. The summed E-state index contributed by atoms with van der Waals surface area (Å²) in [5.74, 6) is -2.50. The van der Waals surface area contributed by atoms with Crippen LogP contribution >= 0.6 is 15.9 Å². The highest BCUT2D eigenvalue weighted by Crippen LogP contribution is 2.14. The fourth-order valence-electron chi connectivity index (χ4n) is 1.02. The summed E-state index contributed by atoms with van der Waals surface area (Å²) in [7, 11) is 0. The molecule has 0 heterocycles. The number of carbonyl (C=O) groups excluding carboxylic acids is 2. The van der Waals surface area contributed by atoms with E-state index in [0.29, 0.717) is 16.1 Å². The van der Waals surface area contributed by atoms with Crippen molar-refractivity contribution in [2.24, 2.45) is 0 Å². The number of rotatable bonds is 3. The lowest BCUT2D eigenvalue weighted by Gasteiger charge is -2.06. The molecule has 0 aliphatic heterocycles. The summed E-state index contributed by atoms with van der Waals surface area (Å²) in [6.07, 6.45) is 1.46. The van der Waals surface area contributed by atoms with Crippen molar-refractivity contribution in [1.29, 1.82) is 0 Å². The molecule has 0 unspecified atom stereocenters. The molecule has 1 aromatic carbocycles. The van der Waals surface area contributed by atoms with Crippen molar-refractivity contribution in [2.75, 3.05) is 0 Å². The number of amides is 2. The van der Waals surface area contributed by atoms with Gasteiger partial charge in [0.2, 0.25) is 0 Å². The lowest BCUT2D eigenvalue weighted by Crippen LogP contribution is -2.40. The summed E-state index contributed by atoms with van der Waals surface area (Å²) >= 11 is 3.19. The van der Waals surface area contributed by atoms with Gasteiger partial charge < -0.3 is 5.11 Å². The van der Waals surface area contributed by atoms with Gasteiger partial charge in [-0.15, -0.1) is 0 Å². The Morgan fingerprint density at radius 1 is 1.11 bits per heavy atom. The summed E-state index contributed by atoms with van der Waals surface area (Å²) in [6, 6.07) is 6.67. The first kappa shape index (κ1) is 13.9. The zero-order valence-corrected chi connectivity index (χ0v) is 10.6. The summed E-state index contributed by atoms with van der Waals surface area (Å²) in [5, 5.41) is 8.29. The van der Waals surface area contributed by atoms with E-state index >= 15 is 0 Å². The van der Waals surface area contributed by atoms with Gasteiger partial charge in [0, 0.05) is 16.6 Å². The molecule has 18 heavy (non-hydrogen) atoms. The number of hydrazine groups is 1. The smallest absolute Gasteiger partial charge is 0.328 e. The van der Waals surface area contributed by atoms with Crippen LogP contribution in [0, 0.1) is 0 Å². The average molecular weight is 313 g/mol. The predicted octanol–water partition coefficient (Wildman–Crippen LogP) is 0.851. The average Bonchev–Trinajstić information content (AvgIpc) is 2.34. The molecule has 0 aliphatic rings. The maximum Gasteiger partial charge on any atom is 0.328 e. The Labute approximate surface area is 111 Å². The summed E-state index contributed by atoms with van der Waals surface area (Å²) < 4.78 is 0.581. The van der Waals surface area contributed by atoms with E-state index in [1.807, 2.05) is 0 Å². The number of halogens is 1. The third kappa shape index (κ3) is 4.38. The van der Waals surface area contributed by atoms with Gasteiger partial charge >= 0.3 is 5.97 Å². The molecule has 2 amide bonds. The van der Waals surface area contributed by atoms with E-state index in [-0.39, 0.29) is 0 Å². The van der Waals surface area contributed by atoms with Gasteiger partial charge in [-0.2, -0.15) is 0 Å². The topological polar surface area (TPSA) is 95.5 Å². The van der Waals surface area contributed by atoms with Crippen LogP contribution in [0.1, 0.15) is 10.4 Å². The van der Waals surface area contributed by atoms with Crippen molar-refractivity contribution >= 4 is 33.7 Å². The van der Waals surface area contributed by atoms with E-state index in [1.165, 1.54) is 0 Å². The third-order valence-corrected chi connectivity index (χ3v) is 2.49. The molecular formula is C11H9BrN2O4. The number of carboxylic acids is 1. The fraction of sp³-hybridized carbons (Fsp3) is 0. The molecule has 3 N–H and O–H groups in total. The molecule has 0 aromatic heterocycles. The van der Waals surface area contributed by atoms with E-state index in [4.69, 9.17) is 5.11 Å². The summed E-state index contributed by atoms with van der Waals surface area (Å²) in [5.41, 5.74) is 4.55. The highest BCUT2D eigenvalue weighted by molar-refractivity contribution is 9.10. The Kier molecular flexibility index (Phi) is 5.06. The second-order valence-electron chi connectivity index (χ2n) is 3.09. The van der Waals surface area contributed by atoms with Crippen molar-refractivity contribution in [2.45, 2.75) is 0 Å². The van der Waals surface area contributed by atoms with Crippen LogP contribution in [-0.4, -0.2) is 22.9 Å². The standard InChI is InChI=1S/C11H9BrN2O4/c12-8-4-2-1-3-7(8)11(18)14-13-9(15)5-6-10(16)17/h1-6H,(H,13,15)(H,14,18)(H,16,17). The van der Waals surface area contributed by atoms with E-state index in [9.17, 15) is 14.4 Å².